The zero-order valence-electron chi connectivity index (χ0n) is 29.6. The van der Waals surface area contributed by atoms with Crippen LogP contribution in [0.2, 0.25) is 0 Å². The molecule has 11 heteroatoms. The number of phenolic OH excluding ortho intramolecular Hbond substituents is 1. The normalized spacial score (nSPS) is 15.6. The van der Waals surface area contributed by atoms with Gasteiger partial charge in [-0.15, -0.1) is 0 Å². The molecule has 1 amide bonds. The van der Waals surface area contributed by atoms with E-state index in [1.807, 2.05) is 83.8 Å². The van der Waals surface area contributed by atoms with Crippen molar-refractivity contribution in [3.05, 3.63) is 108 Å². The molecular formula is C41H49N3O8. The number of phenols is 1. The molecule has 0 bridgehead atoms. The second-order valence-corrected chi connectivity index (χ2v) is 13.1. The van der Waals surface area contributed by atoms with Crippen molar-refractivity contribution >= 4 is 17.3 Å². The highest BCUT2D eigenvalue weighted by atomic mass is 16.5. The lowest BCUT2D eigenvalue weighted by molar-refractivity contribution is -0.131. The van der Waals surface area contributed by atoms with E-state index in [2.05, 4.69) is 9.80 Å². The van der Waals surface area contributed by atoms with Crippen molar-refractivity contribution in [3.8, 4) is 23.0 Å². The van der Waals surface area contributed by atoms with Crippen LogP contribution in [0.25, 0.3) is 0 Å². The van der Waals surface area contributed by atoms with Crippen molar-refractivity contribution in [2.24, 2.45) is 0 Å². The van der Waals surface area contributed by atoms with Crippen LogP contribution in [0, 0.1) is 0 Å². The van der Waals surface area contributed by atoms with Crippen molar-refractivity contribution in [3.63, 3.8) is 0 Å². The van der Waals surface area contributed by atoms with Gasteiger partial charge in [0, 0.05) is 56.5 Å². The summed E-state index contributed by atoms with van der Waals surface area (Å²) in [7, 11) is 0. The Bertz CT molecular complexity index is 1720. The van der Waals surface area contributed by atoms with Crippen LogP contribution >= 0.6 is 0 Å². The Kier molecular flexibility index (Phi) is 13.1. The molecule has 6 rings (SSSR count). The summed E-state index contributed by atoms with van der Waals surface area (Å²) in [5, 5.41) is 28.7. The summed E-state index contributed by atoms with van der Waals surface area (Å²) in [6.07, 6.45) is 1.68. The van der Waals surface area contributed by atoms with E-state index >= 15 is 0 Å². The van der Waals surface area contributed by atoms with E-state index in [1.165, 1.54) is 0 Å². The number of piperazine rings is 1. The topological polar surface area (TPSA) is 124 Å². The number of fused-ring (bicyclic) bond motifs is 1. The largest absolute Gasteiger partial charge is 0.508 e. The SMILES string of the molecule is O=C(Cc1ccc(CO)cc1)N1CCN(c2ccc(OCCCOCc3ccccc3O)cc2)[C@@H](COc2ccc3c(c2)N(CCCO)CCO3)C1. The highest BCUT2D eigenvalue weighted by Gasteiger charge is 2.31. The molecule has 0 unspecified atom stereocenters. The fraction of sp³-hybridized carbons (Fsp3) is 0.390. The van der Waals surface area contributed by atoms with Crippen LogP contribution in [-0.4, -0.2) is 97.9 Å². The van der Waals surface area contributed by atoms with Crippen LogP contribution in [0.5, 0.6) is 23.0 Å². The molecule has 276 valence electrons. The van der Waals surface area contributed by atoms with Crippen molar-refractivity contribution < 1.29 is 39.1 Å². The number of aliphatic hydroxyl groups excluding tert-OH is 2. The monoisotopic (exact) mass is 711 g/mol. The van der Waals surface area contributed by atoms with Crippen LogP contribution in [0.1, 0.15) is 29.5 Å². The van der Waals surface area contributed by atoms with Crippen molar-refractivity contribution in [1.29, 1.82) is 0 Å². The molecule has 4 aromatic rings. The number of aliphatic hydroxyl groups is 2. The van der Waals surface area contributed by atoms with E-state index in [0.717, 1.165) is 58.4 Å². The minimum Gasteiger partial charge on any atom is -0.508 e. The van der Waals surface area contributed by atoms with E-state index in [0.29, 0.717) is 71.9 Å². The zero-order valence-corrected chi connectivity index (χ0v) is 29.6. The first-order valence-electron chi connectivity index (χ1n) is 18.1. The number of nitrogens with zero attached hydrogens (tertiary/aromatic N) is 3. The molecule has 0 saturated carbocycles. The number of aromatic hydroxyl groups is 1. The van der Waals surface area contributed by atoms with Crippen molar-refractivity contribution in [2.75, 3.05) is 75.6 Å². The molecule has 2 aliphatic rings. The number of hydrogen-bond acceptors (Lipinski definition) is 10. The number of ether oxygens (including phenoxy) is 4. The first-order valence-corrected chi connectivity index (χ1v) is 18.1. The minimum absolute atomic E-state index is 0.0280. The molecule has 0 aromatic heterocycles. The third kappa shape index (κ3) is 9.87. The maximum absolute atomic E-state index is 13.5. The van der Waals surface area contributed by atoms with Gasteiger partial charge in [-0.2, -0.15) is 0 Å². The predicted octanol–water partition coefficient (Wildman–Crippen LogP) is 4.79. The molecule has 0 radical (unpaired) electrons. The van der Waals surface area contributed by atoms with Crippen LogP contribution in [-0.2, 0) is 29.2 Å². The van der Waals surface area contributed by atoms with Crippen LogP contribution in [0.15, 0.2) is 91.0 Å². The van der Waals surface area contributed by atoms with E-state index < -0.39 is 0 Å². The van der Waals surface area contributed by atoms with Gasteiger partial charge in [0.2, 0.25) is 5.91 Å². The number of amides is 1. The molecule has 3 N–H and O–H groups in total. The number of carbonyl (C=O) groups excluding carboxylic acids is 1. The Morgan fingerprint density at radius 2 is 1.62 bits per heavy atom. The lowest BCUT2D eigenvalue weighted by Gasteiger charge is -2.42. The maximum Gasteiger partial charge on any atom is 0.227 e. The molecule has 11 nitrogen and oxygen atoms in total. The molecule has 1 fully saturated rings. The van der Waals surface area contributed by atoms with Crippen LogP contribution in [0.3, 0.4) is 0 Å². The zero-order chi connectivity index (χ0) is 36.1. The second-order valence-electron chi connectivity index (χ2n) is 13.1. The fourth-order valence-corrected chi connectivity index (χ4v) is 6.54. The molecule has 1 atom stereocenters. The summed E-state index contributed by atoms with van der Waals surface area (Å²) in [4.78, 5) is 19.9. The van der Waals surface area contributed by atoms with Gasteiger partial charge >= 0.3 is 0 Å². The van der Waals surface area contributed by atoms with Gasteiger partial charge < -0.3 is 49.0 Å². The molecule has 52 heavy (non-hydrogen) atoms. The van der Waals surface area contributed by atoms with E-state index in [9.17, 15) is 20.1 Å². The van der Waals surface area contributed by atoms with Gasteiger partial charge in [0.15, 0.2) is 0 Å². The molecule has 0 spiro atoms. The summed E-state index contributed by atoms with van der Waals surface area (Å²) >= 11 is 0. The molecule has 2 aliphatic heterocycles. The van der Waals surface area contributed by atoms with Gasteiger partial charge in [-0.05, 0) is 60.0 Å². The van der Waals surface area contributed by atoms with Gasteiger partial charge in [0.05, 0.1) is 51.1 Å². The van der Waals surface area contributed by atoms with Gasteiger partial charge in [-0.3, -0.25) is 4.79 Å². The molecule has 2 heterocycles. The molecular weight excluding hydrogens is 662 g/mol. The van der Waals surface area contributed by atoms with Crippen molar-refractivity contribution in [1.82, 2.24) is 4.90 Å². The number of anilines is 2. The van der Waals surface area contributed by atoms with Gasteiger partial charge in [0.25, 0.3) is 0 Å². The lowest BCUT2D eigenvalue weighted by Crippen LogP contribution is -2.57. The summed E-state index contributed by atoms with van der Waals surface area (Å²) in [6.45, 7) is 5.66. The van der Waals surface area contributed by atoms with E-state index in [-0.39, 0.29) is 30.9 Å². The van der Waals surface area contributed by atoms with Gasteiger partial charge in [-0.1, -0.05) is 42.5 Å². The third-order valence-corrected chi connectivity index (χ3v) is 9.43. The smallest absolute Gasteiger partial charge is 0.227 e. The maximum atomic E-state index is 13.5. The minimum atomic E-state index is -0.111. The summed E-state index contributed by atoms with van der Waals surface area (Å²) in [5.41, 5.74) is 4.47. The Morgan fingerprint density at radius 1 is 0.827 bits per heavy atom. The average molecular weight is 712 g/mol. The van der Waals surface area contributed by atoms with Crippen LogP contribution in [0.4, 0.5) is 11.4 Å². The highest BCUT2D eigenvalue weighted by Crippen LogP contribution is 2.35. The predicted molar refractivity (Wildman–Crippen MR) is 199 cm³/mol. The molecule has 0 aliphatic carbocycles. The number of hydrogen-bond donors (Lipinski definition) is 3. The average Bonchev–Trinajstić information content (AvgIpc) is 3.18. The number of carbonyl (C=O) groups is 1. The Labute approximate surface area is 305 Å². The Balaban J connectivity index is 1.08. The third-order valence-electron chi connectivity index (χ3n) is 9.43. The summed E-state index contributed by atoms with van der Waals surface area (Å²) in [5.74, 6) is 2.59. The summed E-state index contributed by atoms with van der Waals surface area (Å²) in [6, 6.07) is 28.4. The van der Waals surface area contributed by atoms with Gasteiger partial charge in [-0.25, -0.2) is 0 Å². The van der Waals surface area contributed by atoms with Gasteiger partial charge in [0.1, 0.15) is 36.2 Å². The Hall–Kier alpha value is -4.97. The lowest BCUT2D eigenvalue weighted by atomic mass is 10.1. The number of benzene rings is 4. The fourth-order valence-electron chi connectivity index (χ4n) is 6.54. The standard InChI is InChI=1S/C41H49N3O8/c45-21-3-17-42-20-24-51-40-16-15-37(26-38(40)42)52-30-35-27-43(41(48)25-31-7-9-32(28-46)10-8-31)18-19-44(35)34-11-13-36(14-12-34)50-23-4-22-49-29-33-5-1-2-6-39(33)47/h1-2,5-16,26,35,45-47H,3-4,17-25,27-30H2/t35-/m1/s1. The first-order chi connectivity index (χ1) is 25.5. The molecule has 4 aromatic carbocycles. The summed E-state index contributed by atoms with van der Waals surface area (Å²) < 4.78 is 24.0. The van der Waals surface area contributed by atoms with E-state index in [4.69, 9.17) is 18.9 Å². The number of para-hydroxylation sites is 1. The first kappa shape index (κ1) is 36.8. The van der Waals surface area contributed by atoms with Crippen molar-refractivity contribution in [2.45, 2.75) is 38.5 Å². The second kappa shape index (κ2) is 18.5. The molecule has 1 saturated heterocycles. The van der Waals surface area contributed by atoms with E-state index in [1.54, 1.807) is 12.1 Å². The van der Waals surface area contributed by atoms with Crippen LogP contribution < -0.4 is 24.0 Å². The highest BCUT2D eigenvalue weighted by molar-refractivity contribution is 5.79. The number of rotatable bonds is 17. The Morgan fingerprint density at radius 3 is 2.40 bits per heavy atom. The quantitative estimate of drug-likeness (QED) is 0.132.